The number of benzene rings is 1. The molecular weight excluding hydrogens is 232 g/mol. The number of aromatic hydroxyl groups is 1. The molecule has 0 aliphatic carbocycles. The molecular formula is C14H16O4. The van der Waals surface area contributed by atoms with Gasteiger partial charge in [-0.25, -0.2) is 4.79 Å². The molecule has 0 atom stereocenters. The third-order valence-electron chi connectivity index (χ3n) is 2.93. The van der Waals surface area contributed by atoms with E-state index in [2.05, 4.69) is 6.92 Å². The maximum absolute atomic E-state index is 11.5. The van der Waals surface area contributed by atoms with Crippen molar-refractivity contribution < 1.29 is 14.3 Å². The summed E-state index contributed by atoms with van der Waals surface area (Å²) in [7, 11) is 1.49. The molecule has 0 aliphatic heterocycles. The normalized spacial score (nSPS) is 10.8. The Kier molecular flexibility index (Phi) is 3.55. The maximum atomic E-state index is 11.5. The zero-order valence-electron chi connectivity index (χ0n) is 10.5. The van der Waals surface area contributed by atoms with Gasteiger partial charge in [0.15, 0.2) is 11.5 Å². The minimum Gasteiger partial charge on any atom is -0.504 e. The van der Waals surface area contributed by atoms with E-state index in [1.54, 1.807) is 6.07 Å². The minimum atomic E-state index is -0.391. The summed E-state index contributed by atoms with van der Waals surface area (Å²) in [5.74, 6) is 0.356. The summed E-state index contributed by atoms with van der Waals surface area (Å²) in [6.45, 7) is 2.10. The summed E-state index contributed by atoms with van der Waals surface area (Å²) in [5.41, 5.74) is 0.937. The summed E-state index contributed by atoms with van der Waals surface area (Å²) in [4.78, 5) is 11.5. The Morgan fingerprint density at radius 2 is 2.11 bits per heavy atom. The molecule has 4 heteroatoms. The van der Waals surface area contributed by atoms with Crippen LogP contribution in [0.1, 0.15) is 25.3 Å². The molecule has 96 valence electrons. The Morgan fingerprint density at radius 1 is 1.33 bits per heavy atom. The van der Waals surface area contributed by atoms with Crippen LogP contribution in [0.5, 0.6) is 11.5 Å². The van der Waals surface area contributed by atoms with E-state index in [-0.39, 0.29) is 5.75 Å². The lowest BCUT2D eigenvalue weighted by molar-refractivity contribution is 0.373. The van der Waals surface area contributed by atoms with Crippen molar-refractivity contribution in [3.05, 3.63) is 34.2 Å². The molecule has 0 bridgehead atoms. The molecule has 0 amide bonds. The Bertz CT molecular complexity index is 613. The lowest BCUT2D eigenvalue weighted by atomic mass is 10.0. The number of ether oxygens (including phenoxy) is 1. The highest BCUT2D eigenvalue weighted by atomic mass is 16.5. The first-order chi connectivity index (χ1) is 8.65. The molecule has 0 saturated heterocycles. The number of fused-ring (bicyclic) bond motifs is 1. The zero-order chi connectivity index (χ0) is 13.1. The number of methoxy groups -OCH3 is 1. The predicted octanol–water partition coefficient (Wildman–Crippen LogP) is 2.85. The van der Waals surface area contributed by atoms with Crippen LogP contribution in [0.15, 0.2) is 27.4 Å². The van der Waals surface area contributed by atoms with Gasteiger partial charge in [-0.2, -0.15) is 0 Å². The summed E-state index contributed by atoms with van der Waals surface area (Å²) in [5, 5.41) is 10.5. The number of hydrogen-bond acceptors (Lipinski definition) is 4. The van der Waals surface area contributed by atoms with Crippen molar-refractivity contribution in [1.82, 2.24) is 0 Å². The van der Waals surface area contributed by atoms with Crippen LogP contribution >= 0.6 is 0 Å². The fraction of sp³-hybridized carbons (Fsp3) is 0.357. The van der Waals surface area contributed by atoms with Crippen molar-refractivity contribution >= 4 is 11.0 Å². The fourth-order valence-electron chi connectivity index (χ4n) is 1.98. The monoisotopic (exact) mass is 248 g/mol. The first kappa shape index (κ1) is 12.5. The molecule has 0 radical (unpaired) electrons. The number of phenols is 1. The van der Waals surface area contributed by atoms with E-state index in [0.29, 0.717) is 11.3 Å². The second-order valence-corrected chi connectivity index (χ2v) is 4.21. The summed E-state index contributed by atoms with van der Waals surface area (Å²) >= 11 is 0. The van der Waals surface area contributed by atoms with E-state index in [1.165, 1.54) is 19.2 Å². The van der Waals surface area contributed by atoms with Crippen LogP contribution in [-0.4, -0.2) is 12.2 Å². The third-order valence-corrected chi connectivity index (χ3v) is 2.93. The van der Waals surface area contributed by atoms with Gasteiger partial charge in [-0.1, -0.05) is 13.3 Å². The van der Waals surface area contributed by atoms with Crippen LogP contribution in [0.3, 0.4) is 0 Å². The molecule has 2 aromatic rings. The summed E-state index contributed by atoms with van der Waals surface area (Å²) < 4.78 is 10.2. The van der Waals surface area contributed by atoms with Crippen LogP contribution in [0.4, 0.5) is 0 Å². The smallest absolute Gasteiger partial charge is 0.336 e. The van der Waals surface area contributed by atoms with Crippen molar-refractivity contribution in [2.75, 3.05) is 7.11 Å². The first-order valence-electron chi connectivity index (χ1n) is 5.99. The summed E-state index contributed by atoms with van der Waals surface area (Å²) in [6.07, 6.45) is 2.87. The van der Waals surface area contributed by atoms with Gasteiger partial charge in [-0.05, 0) is 24.5 Å². The Morgan fingerprint density at radius 3 is 2.78 bits per heavy atom. The lowest BCUT2D eigenvalue weighted by Crippen LogP contribution is -2.01. The Labute approximate surface area is 105 Å². The van der Waals surface area contributed by atoms with Crippen LogP contribution in [0.2, 0.25) is 0 Å². The van der Waals surface area contributed by atoms with Gasteiger partial charge in [0.05, 0.1) is 7.11 Å². The van der Waals surface area contributed by atoms with E-state index < -0.39 is 5.63 Å². The van der Waals surface area contributed by atoms with E-state index in [1.807, 2.05) is 0 Å². The van der Waals surface area contributed by atoms with E-state index in [0.717, 1.165) is 30.2 Å². The minimum absolute atomic E-state index is 0.0270. The van der Waals surface area contributed by atoms with Crippen molar-refractivity contribution in [2.45, 2.75) is 26.2 Å². The second kappa shape index (κ2) is 5.12. The average molecular weight is 248 g/mol. The number of phenolic OH excluding ortho intramolecular Hbond substituents is 1. The molecule has 0 aliphatic rings. The molecule has 0 spiro atoms. The van der Waals surface area contributed by atoms with Gasteiger partial charge in [-0.3, -0.25) is 0 Å². The van der Waals surface area contributed by atoms with Crippen LogP contribution in [0, 0.1) is 0 Å². The molecule has 0 unspecified atom stereocenters. The quantitative estimate of drug-likeness (QED) is 0.845. The molecule has 4 nitrogen and oxygen atoms in total. The standard InChI is InChI=1S/C14H16O4/c1-3-4-5-9-6-14(16)18-12-8-11(15)13(17-2)7-10(9)12/h6-8,15H,3-5H2,1-2H3. The van der Waals surface area contributed by atoms with E-state index in [9.17, 15) is 9.90 Å². The van der Waals surface area contributed by atoms with Gasteiger partial charge in [0.1, 0.15) is 5.58 Å². The average Bonchev–Trinajstić information content (AvgIpc) is 2.34. The number of rotatable bonds is 4. The molecule has 0 saturated carbocycles. The maximum Gasteiger partial charge on any atom is 0.336 e. The number of aryl methyl sites for hydroxylation is 1. The topological polar surface area (TPSA) is 59.7 Å². The molecule has 18 heavy (non-hydrogen) atoms. The highest BCUT2D eigenvalue weighted by Crippen LogP contribution is 2.32. The predicted molar refractivity (Wildman–Crippen MR) is 69.3 cm³/mol. The molecule has 2 rings (SSSR count). The van der Waals surface area contributed by atoms with Crippen LogP contribution in [-0.2, 0) is 6.42 Å². The molecule has 0 fully saturated rings. The number of unbranched alkanes of at least 4 members (excludes halogenated alkanes) is 1. The van der Waals surface area contributed by atoms with Gasteiger partial charge < -0.3 is 14.3 Å². The molecule has 1 N–H and O–H groups in total. The van der Waals surface area contributed by atoms with Gasteiger partial charge in [0.25, 0.3) is 0 Å². The number of hydrogen-bond donors (Lipinski definition) is 1. The summed E-state index contributed by atoms with van der Waals surface area (Å²) in [6, 6.07) is 4.64. The zero-order valence-corrected chi connectivity index (χ0v) is 10.5. The van der Waals surface area contributed by atoms with Crippen LogP contribution in [0.25, 0.3) is 11.0 Å². The Balaban J connectivity index is 2.64. The highest BCUT2D eigenvalue weighted by Gasteiger charge is 2.10. The van der Waals surface area contributed by atoms with E-state index in [4.69, 9.17) is 9.15 Å². The lowest BCUT2D eigenvalue weighted by Gasteiger charge is -2.08. The third kappa shape index (κ3) is 2.32. The van der Waals surface area contributed by atoms with E-state index >= 15 is 0 Å². The Hall–Kier alpha value is -1.97. The van der Waals surface area contributed by atoms with Crippen molar-refractivity contribution in [1.29, 1.82) is 0 Å². The van der Waals surface area contributed by atoms with Gasteiger partial charge in [0.2, 0.25) is 0 Å². The molecule has 1 aromatic heterocycles. The first-order valence-corrected chi connectivity index (χ1v) is 5.99. The van der Waals surface area contributed by atoms with Crippen LogP contribution < -0.4 is 10.4 Å². The van der Waals surface area contributed by atoms with Gasteiger partial charge >= 0.3 is 5.63 Å². The van der Waals surface area contributed by atoms with Crippen molar-refractivity contribution in [3.8, 4) is 11.5 Å². The van der Waals surface area contributed by atoms with Crippen molar-refractivity contribution in [3.63, 3.8) is 0 Å². The van der Waals surface area contributed by atoms with Crippen molar-refractivity contribution in [2.24, 2.45) is 0 Å². The molecule has 1 heterocycles. The van der Waals surface area contributed by atoms with Gasteiger partial charge in [-0.15, -0.1) is 0 Å². The van der Waals surface area contributed by atoms with Gasteiger partial charge in [0, 0.05) is 17.5 Å². The SMILES string of the molecule is CCCCc1cc(=O)oc2cc(O)c(OC)cc12. The fourth-order valence-corrected chi connectivity index (χ4v) is 1.98. The molecule has 1 aromatic carbocycles. The second-order valence-electron chi connectivity index (χ2n) is 4.21. The largest absolute Gasteiger partial charge is 0.504 e. The highest BCUT2D eigenvalue weighted by molar-refractivity contribution is 5.83.